The smallest absolute Gasteiger partial charge is 0.330 e. The molecule has 1 unspecified atom stereocenters. The molecule has 0 saturated carbocycles. The van der Waals surface area contributed by atoms with E-state index in [0.717, 1.165) is 0 Å². The predicted octanol–water partition coefficient (Wildman–Crippen LogP) is -0.0739. The molecule has 0 aliphatic carbocycles. The molecule has 82 valence electrons. The summed E-state index contributed by atoms with van der Waals surface area (Å²) < 4.78 is 4.93. The SMILES string of the molecule is COc1ccc(C(N)(CO)C(=O)O)cc1. The Bertz CT molecular complexity index is 349. The lowest BCUT2D eigenvalue weighted by molar-refractivity contribution is -0.145. The van der Waals surface area contributed by atoms with Crippen molar-refractivity contribution in [2.45, 2.75) is 5.54 Å². The van der Waals surface area contributed by atoms with Gasteiger partial charge in [-0.15, -0.1) is 0 Å². The van der Waals surface area contributed by atoms with Crippen molar-refractivity contribution in [2.24, 2.45) is 5.73 Å². The van der Waals surface area contributed by atoms with Crippen molar-refractivity contribution in [3.8, 4) is 5.75 Å². The summed E-state index contributed by atoms with van der Waals surface area (Å²) >= 11 is 0. The van der Waals surface area contributed by atoms with Crippen LogP contribution in [-0.4, -0.2) is 29.9 Å². The van der Waals surface area contributed by atoms with E-state index in [1.54, 1.807) is 12.1 Å². The first-order valence-corrected chi connectivity index (χ1v) is 4.32. The molecule has 0 fully saturated rings. The average molecular weight is 211 g/mol. The molecule has 0 aliphatic rings. The fourth-order valence-electron chi connectivity index (χ4n) is 1.17. The van der Waals surface area contributed by atoms with Crippen molar-refractivity contribution in [1.82, 2.24) is 0 Å². The van der Waals surface area contributed by atoms with Gasteiger partial charge in [0, 0.05) is 0 Å². The number of carboxylic acid groups (broad SMARTS) is 1. The molecular formula is C10H13NO4. The maximum atomic E-state index is 10.9. The molecule has 0 spiro atoms. The number of carbonyl (C=O) groups is 1. The summed E-state index contributed by atoms with van der Waals surface area (Å²) in [6.07, 6.45) is 0. The van der Waals surface area contributed by atoms with E-state index in [1.807, 2.05) is 0 Å². The van der Waals surface area contributed by atoms with Gasteiger partial charge in [0.15, 0.2) is 5.54 Å². The maximum Gasteiger partial charge on any atom is 0.330 e. The highest BCUT2D eigenvalue weighted by Gasteiger charge is 2.35. The van der Waals surface area contributed by atoms with Crippen molar-refractivity contribution >= 4 is 5.97 Å². The van der Waals surface area contributed by atoms with E-state index in [9.17, 15) is 4.79 Å². The summed E-state index contributed by atoms with van der Waals surface area (Å²) in [7, 11) is 1.51. The number of nitrogens with two attached hydrogens (primary N) is 1. The molecule has 0 radical (unpaired) electrons. The van der Waals surface area contributed by atoms with Gasteiger partial charge in [-0.1, -0.05) is 12.1 Å². The van der Waals surface area contributed by atoms with Crippen LogP contribution in [0.1, 0.15) is 5.56 Å². The Hall–Kier alpha value is -1.59. The normalized spacial score (nSPS) is 14.3. The average Bonchev–Trinajstić information content (AvgIpc) is 2.28. The van der Waals surface area contributed by atoms with Crippen LogP contribution in [0.2, 0.25) is 0 Å². The topological polar surface area (TPSA) is 92.8 Å². The lowest BCUT2D eigenvalue weighted by Gasteiger charge is -2.22. The first-order chi connectivity index (χ1) is 7.04. The molecule has 1 atom stereocenters. The van der Waals surface area contributed by atoms with Crippen LogP contribution in [0.4, 0.5) is 0 Å². The molecule has 1 aromatic carbocycles. The Balaban J connectivity index is 3.08. The standard InChI is InChI=1S/C10H13NO4/c1-15-8-4-2-7(3-5-8)10(11,6-12)9(13)14/h2-5,12H,6,11H2,1H3,(H,13,14). The van der Waals surface area contributed by atoms with E-state index in [0.29, 0.717) is 11.3 Å². The van der Waals surface area contributed by atoms with Crippen LogP contribution in [-0.2, 0) is 10.3 Å². The van der Waals surface area contributed by atoms with Gasteiger partial charge in [0.05, 0.1) is 13.7 Å². The molecule has 1 rings (SSSR count). The summed E-state index contributed by atoms with van der Waals surface area (Å²) in [6.45, 7) is -0.658. The van der Waals surface area contributed by atoms with E-state index in [-0.39, 0.29) is 0 Å². The second-order valence-corrected chi connectivity index (χ2v) is 3.16. The van der Waals surface area contributed by atoms with Crippen LogP contribution in [0.5, 0.6) is 5.75 Å². The van der Waals surface area contributed by atoms with Gasteiger partial charge in [0.1, 0.15) is 5.75 Å². The van der Waals surface area contributed by atoms with Gasteiger partial charge in [0.25, 0.3) is 0 Å². The van der Waals surface area contributed by atoms with Gasteiger partial charge in [-0.25, -0.2) is 4.79 Å². The quantitative estimate of drug-likeness (QED) is 0.648. The number of rotatable bonds is 4. The second-order valence-electron chi connectivity index (χ2n) is 3.16. The molecule has 5 heteroatoms. The van der Waals surface area contributed by atoms with Crippen LogP contribution in [0.25, 0.3) is 0 Å². The van der Waals surface area contributed by atoms with Gasteiger partial charge in [0.2, 0.25) is 0 Å². The number of aliphatic hydroxyl groups is 1. The van der Waals surface area contributed by atoms with Crippen LogP contribution in [0.3, 0.4) is 0 Å². The van der Waals surface area contributed by atoms with Crippen molar-refractivity contribution in [1.29, 1.82) is 0 Å². The van der Waals surface area contributed by atoms with Crippen LogP contribution in [0.15, 0.2) is 24.3 Å². The zero-order chi connectivity index (χ0) is 11.5. The second kappa shape index (κ2) is 4.29. The number of carboxylic acids is 1. The van der Waals surface area contributed by atoms with Crippen molar-refractivity contribution < 1.29 is 19.7 Å². The molecule has 1 aromatic rings. The highest BCUT2D eigenvalue weighted by Crippen LogP contribution is 2.21. The number of aliphatic carboxylic acids is 1. The van der Waals surface area contributed by atoms with Gasteiger partial charge in [-0.2, -0.15) is 0 Å². The largest absolute Gasteiger partial charge is 0.497 e. The fourth-order valence-corrected chi connectivity index (χ4v) is 1.17. The summed E-state index contributed by atoms with van der Waals surface area (Å²) in [5.74, 6) is -0.667. The van der Waals surface area contributed by atoms with E-state index in [4.69, 9.17) is 20.7 Å². The van der Waals surface area contributed by atoms with E-state index >= 15 is 0 Å². The van der Waals surface area contributed by atoms with E-state index in [1.165, 1.54) is 19.2 Å². The lowest BCUT2D eigenvalue weighted by atomic mass is 9.92. The Morgan fingerprint density at radius 3 is 2.33 bits per heavy atom. The van der Waals surface area contributed by atoms with Gasteiger partial charge < -0.3 is 20.7 Å². The summed E-state index contributed by atoms with van der Waals surface area (Å²) in [4.78, 5) is 10.9. The van der Waals surface area contributed by atoms with Gasteiger partial charge in [-0.05, 0) is 17.7 Å². The monoisotopic (exact) mass is 211 g/mol. The fraction of sp³-hybridized carbons (Fsp3) is 0.300. The minimum Gasteiger partial charge on any atom is -0.497 e. The molecule has 5 nitrogen and oxygen atoms in total. The molecule has 0 aromatic heterocycles. The third-order valence-corrected chi connectivity index (χ3v) is 2.24. The minimum absolute atomic E-state index is 0.332. The molecule has 0 saturated heterocycles. The minimum atomic E-state index is -1.76. The van der Waals surface area contributed by atoms with E-state index in [2.05, 4.69) is 0 Å². The first kappa shape index (κ1) is 11.5. The number of methoxy groups -OCH3 is 1. The highest BCUT2D eigenvalue weighted by atomic mass is 16.5. The van der Waals surface area contributed by atoms with Crippen LogP contribution < -0.4 is 10.5 Å². The lowest BCUT2D eigenvalue weighted by Crippen LogP contribution is -2.48. The summed E-state index contributed by atoms with van der Waals surface area (Å²) in [5, 5.41) is 17.9. The predicted molar refractivity (Wildman–Crippen MR) is 53.6 cm³/mol. The molecule has 0 heterocycles. The summed E-state index contributed by atoms with van der Waals surface area (Å²) in [6, 6.07) is 6.22. The zero-order valence-electron chi connectivity index (χ0n) is 8.30. The van der Waals surface area contributed by atoms with Gasteiger partial charge >= 0.3 is 5.97 Å². The van der Waals surface area contributed by atoms with Gasteiger partial charge in [-0.3, -0.25) is 0 Å². The Labute approximate surface area is 87.1 Å². The number of benzene rings is 1. The molecular weight excluding hydrogens is 198 g/mol. The summed E-state index contributed by atoms with van der Waals surface area (Å²) in [5.41, 5.74) is 4.14. The van der Waals surface area contributed by atoms with Crippen LogP contribution in [0, 0.1) is 0 Å². The van der Waals surface area contributed by atoms with Crippen molar-refractivity contribution in [3.63, 3.8) is 0 Å². The Kier molecular flexibility index (Phi) is 3.28. The maximum absolute atomic E-state index is 10.9. The third-order valence-electron chi connectivity index (χ3n) is 2.24. The number of ether oxygens (including phenoxy) is 1. The highest BCUT2D eigenvalue weighted by molar-refractivity contribution is 5.80. The molecule has 0 amide bonds. The Morgan fingerprint density at radius 2 is 2.00 bits per heavy atom. The third kappa shape index (κ3) is 2.08. The number of hydrogen-bond acceptors (Lipinski definition) is 4. The molecule has 4 N–H and O–H groups in total. The van der Waals surface area contributed by atoms with E-state index < -0.39 is 18.1 Å². The number of hydrogen-bond donors (Lipinski definition) is 3. The van der Waals surface area contributed by atoms with Crippen LogP contribution >= 0.6 is 0 Å². The number of aliphatic hydroxyl groups excluding tert-OH is 1. The Morgan fingerprint density at radius 1 is 1.47 bits per heavy atom. The molecule has 0 bridgehead atoms. The molecule has 0 aliphatic heterocycles. The first-order valence-electron chi connectivity index (χ1n) is 4.32. The zero-order valence-corrected chi connectivity index (χ0v) is 8.30. The van der Waals surface area contributed by atoms with Crippen molar-refractivity contribution in [2.75, 3.05) is 13.7 Å². The molecule has 15 heavy (non-hydrogen) atoms. The van der Waals surface area contributed by atoms with Crippen molar-refractivity contribution in [3.05, 3.63) is 29.8 Å².